The molecule has 1 aliphatic heterocycles. The first-order chi connectivity index (χ1) is 15.0. The first-order valence-electron chi connectivity index (χ1n) is 10.3. The molecule has 1 fully saturated rings. The van der Waals surface area contributed by atoms with E-state index in [-0.39, 0.29) is 11.9 Å². The van der Waals surface area contributed by atoms with Gasteiger partial charge in [-0.25, -0.2) is 14.2 Å². The topological polar surface area (TPSA) is 87.4 Å². The summed E-state index contributed by atoms with van der Waals surface area (Å²) in [5, 5.41) is 7.04. The van der Waals surface area contributed by atoms with Crippen molar-refractivity contribution in [3.63, 3.8) is 0 Å². The van der Waals surface area contributed by atoms with Crippen LogP contribution >= 0.6 is 0 Å². The molecule has 3 aromatic rings. The molecule has 1 N–H and O–H groups in total. The zero-order valence-corrected chi connectivity index (χ0v) is 17.6. The second-order valence-electron chi connectivity index (χ2n) is 7.88. The summed E-state index contributed by atoms with van der Waals surface area (Å²) in [5.74, 6) is 1.15. The van der Waals surface area contributed by atoms with Crippen LogP contribution in [0.25, 0.3) is 11.4 Å². The number of aromatic nitrogens is 3. The van der Waals surface area contributed by atoms with Crippen LogP contribution < -0.4 is 15.1 Å². The minimum atomic E-state index is -0.898. The maximum absolute atomic E-state index is 13.4. The van der Waals surface area contributed by atoms with E-state index in [9.17, 15) is 9.18 Å². The molecule has 31 heavy (non-hydrogen) atoms. The highest BCUT2D eigenvalue weighted by Crippen LogP contribution is 2.43. The van der Waals surface area contributed by atoms with Crippen molar-refractivity contribution in [3.05, 3.63) is 47.5 Å². The molecule has 2 aromatic heterocycles. The molecule has 0 radical (unpaired) electrons. The van der Waals surface area contributed by atoms with Gasteiger partial charge in [-0.1, -0.05) is 17.3 Å². The molecule has 5 rings (SSSR count). The number of hydrogen-bond donors (Lipinski definition) is 1. The smallest absolute Gasteiger partial charge is 0.329 e. The van der Waals surface area contributed by atoms with Gasteiger partial charge in [-0.2, -0.15) is 4.98 Å². The summed E-state index contributed by atoms with van der Waals surface area (Å²) in [6, 6.07) is 7.49. The minimum Gasteiger partial charge on any atom is -0.373 e. The number of nitrogens with one attached hydrogen (secondary N) is 1. The first kappa shape index (κ1) is 19.5. The number of benzene rings is 1. The van der Waals surface area contributed by atoms with Gasteiger partial charge in [0.05, 0.1) is 18.2 Å². The number of fused-ring (bicyclic) bond motifs is 1. The van der Waals surface area contributed by atoms with Crippen molar-refractivity contribution in [2.75, 3.05) is 28.7 Å². The Balaban J connectivity index is 1.51. The lowest BCUT2D eigenvalue weighted by Gasteiger charge is -2.37. The number of nitrogens with zero attached hydrogens (tertiary/aromatic N) is 5. The normalized spacial score (nSPS) is 20.1. The standard InChI is InChI=1S/C22H23FN6O2/c1-4-28-18-9-19(24-3)25-10-14(18)11-29(22(28)30)17-7-13(6-5-12(17)2)20-26-21(31-27-20)15-8-16(15)23/h5-7,9-10,15-16H,4,8,11H2,1-3H3,(H,24,25)/t15-,16-/m0/s1. The lowest BCUT2D eigenvalue weighted by molar-refractivity contribution is 0.250. The number of halogens is 1. The fourth-order valence-electron chi connectivity index (χ4n) is 3.93. The maximum Gasteiger partial charge on any atom is 0.329 e. The lowest BCUT2D eigenvalue weighted by atomic mass is 10.1. The zero-order chi connectivity index (χ0) is 21.7. The highest BCUT2D eigenvalue weighted by Gasteiger charge is 2.43. The molecule has 0 spiro atoms. The second-order valence-corrected chi connectivity index (χ2v) is 7.88. The Bertz CT molecular complexity index is 1160. The molecular weight excluding hydrogens is 399 g/mol. The van der Waals surface area contributed by atoms with Crippen LogP contribution in [0.15, 0.2) is 35.0 Å². The van der Waals surface area contributed by atoms with Crippen LogP contribution in [-0.4, -0.2) is 40.9 Å². The second kappa shape index (κ2) is 7.33. The molecule has 3 heterocycles. The molecule has 0 bridgehead atoms. The number of carbonyl (C=O) groups excluding carboxylic acids is 1. The Morgan fingerprint density at radius 3 is 2.81 bits per heavy atom. The van der Waals surface area contributed by atoms with Crippen LogP contribution in [-0.2, 0) is 6.54 Å². The van der Waals surface area contributed by atoms with Crippen LogP contribution in [0.4, 0.5) is 26.4 Å². The summed E-state index contributed by atoms with van der Waals surface area (Å²) >= 11 is 0. The quantitative estimate of drug-likeness (QED) is 0.661. The largest absolute Gasteiger partial charge is 0.373 e. The van der Waals surface area contributed by atoms with E-state index in [0.29, 0.717) is 31.2 Å². The number of amides is 2. The number of aryl methyl sites for hydroxylation is 1. The average molecular weight is 422 g/mol. The summed E-state index contributed by atoms with van der Waals surface area (Å²) in [4.78, 5) is 25.6. The highest BCUT2D eigenvalue weighted by molar-refractivity contribution is 6.06. The van der Waals surface area contributed by atoms with Gasteiger partial charge in [0.2, 0.25) is 11.7 Å². The molecule has 0 saturated heterocycles. The molecule has 9 heteroatoms. The van der Waals surface area contributed by atoms with Crippen LogP contribution in [0.5, 0.6) is 0 Å². The molecule has 0 unspecified atom stereocenters. The number of hydrogen-bond acceptors (Lipinski definition) is 6. The number of urea groups is 1. The molecule has 8 nitrogen and oxygen atoms in total. The molecule has 1 aromatic carbocycles. The van der Waals surface area contributed by atoms with Crippen LogP contribution in [0.1, 0.15) is 36.3 Å². The average Bonchev–Trinajstić information content (AvgIpc) is 3.31. The van der Waals surface area contributed by atoms with E-state index in [2.05, 4.69) is 20.4 Å². The summed E-state index contributed by atoms with van der Waals surface area (Å²) in [6.07, 6.45) is 1.33. The van der Waals surface area contributed by atoms with Gasteiger partial charge in [-0.05, 0) is 31.9 Å². The number of rotatable bonds is 5. The molecule has 2 aliphatic rings. The maximum atomic E-state index is 13.4. The number of carbonyl (C=O) groups is 1. The van der Waals surface area contributed by atoms with E-state index in [1.54, 1.807) is 23.0 Å². The van der Waals surface area contributed by atoms with E-state index >= 15 is 0 Å². The van der Waals surface area contributed by atoms with E-state index in [1.807, 2.05) is 38.1 Å². The Morgan fingerprint density at radius 2 is 2.10 bits per heavy atom. The first-order valence-corrected chi connectivity index (χ1v) is 10.3. The summed E-state index contributed by atoms with van der Waals surface area (Å²) in [7, 11) is 1.80. The van der Waals surface area contributed by atoms with E-state index in [0.717, 1.165) is 33.9 Å². The van der Waals surface area contributed by atoms with Gasteiger partial charge in [0, 0.05) is 42.7 Å². The van der Waals surface area contributed by atoms with Crippen LogP contribution in [0.2, 0.25) is 0 Å². The van der Waals surface area contributed by atoms with Gasteiger partial charge in [0.1, 0.15) is 12.0 Å². The summed E-state index contributed by atoms with van der Waals surface area (Å²) in [6.45, 7) is 4.86. The monoisotopic (exact) mass is 422 g/mol. The molecule has 2 amide bonds. The molecule has 2 atom stereocenters. The van der Waals surface area contributed by atoms with Gasteiger partial charge in [0.25, 0.3) is 0 Å². The van der Waals surface area contributed by atoms with Crippen molar-refractivity contribution in [1.29, 1.82) is 0 Å². The fraction of sp³-hybridized carbons (Fsp3) is 0.364. The summed E-state index contributed by atoms with van der Waals surface area (Å²) in [5.41, 5.74) is 4.27. The molecular formula is C22H23FN6O2. The van der Waals surface area contributed by atoms with Gasteiger partial charge in [0.15, 0.2) is 0 Å². The van der Waals surface area contributed by atoms with Gasteiger partial charge < -0.3 is 9.84 Å². The summed E-state index contributed by atoms with van der Waals surface area (Å²) < 4.78 is 18.6. The van der Waals surface area contributed by atoms with Crippen molar-refractivity contribution >= 4 is 23.2 Å². The van der Waals surface area contributed by atoms with Crippen molar-refractivity contribution in [3.8, 4) is 11.4 Å². The van der Waals surface area contributed by atoms with Gasteiger partial charge in [-0.15, -0.1) is 0 Å². The molecule has 1 saturated carbocycles. The van der Waals surface area contributed by atoms with Crippen molar-refractivity contribution in [2.45, 2.75) is 38.9 Å². The van der Waals surface area contributed by atoms with Crippen LogP contribution in [0, 0.1) is 6.92 Å². The highest BCUT2D eigenvalue weighted by atomic mass is 19.1. The lowest BCUT2D eigenvalue weighted by Crippen LogP contribution is -2.47. The third kappa shape index (κ3) is 3.30. The molecule has 160 valence electrons. The predicted molar refractivity (Wildman–Crippen MR) is 115 cm³/mol. The predicted octanol–water partition coefficient (Wildman–Crippen LogP) is 4.27. The van der Waals surface area contributed by atoms with Gasteiger partial charge in [-0.3, -0.25) is 9.80 Å². The zero-order valence-electron chi connectivity index (χ0n) is 17.6. The van der Waals surface area contributed by atoms with Crippen LogP contribution in [0.3, 0.4) is 0 Å². The number of alkyl halides is 1. The van der Waals surface area contributed by atoms with E-state index in [1.165, 1.54) is 0 Å². The number of pyridine rings is 1. The van der Waals surface area contributed by atoms with Crippen molar-refractivity contribution in [2.24, 2.45) is 0 Å². The fourth-order valence-corrected chi connectivity index (χ4v) is 3.93. The van der Waals surface area contributed by atoms with Gasteiger partial charge >= 0.3 is 6.03 Å². The SMILES string of the molecule is CCN1C(=O)N(c2cc(-c3noc([C@H]4C[C@@H]4F)n3)ccc2C)Cc2cnc(NC)cc21. The van der Waals surface area contributed by atoms with Crippen molar-refractivity contribution < 1.29 is 13.7 Å². The third-order valence-electron chi connectivity index (χ3n) is 5.84. The van der Waals surface area contributed by atoms with Crippen molar-refractivity contribution in [1.82, 2.24) is 15.1 Å². The Kier molecular flexibility index (Phi) is 4.60. The molecule has 1 aliphatic carbocycles. The Labute approximate surface area is 179 Å². The minimum absolute atomic E-state index is 0.101. The third-order valence-corrected chi connectivity index (χ3v) is 5.84. The van der Waals surface area contributed by atoms with E-state index < -0.39 is 6.17 Å². The Hall–Kier alpha value is -3.49. The Morgan fingerprint density at radius 1 is 1.29 bits per heavy atom. The van der Waals surface area contributed by atoms with E-state index in [4.69, 9.17) is 4.52 Å². The number of anilines is 3.